The Morgan fingerprint density at radius 2 is 1.75 bits per heavy atom. The molecule has 0 atom stereocenters. The van der Waals surface area contributed by atoms with Crippen LogP contribution in [-0.4, -0.2) is 76.2 Å². The van der Waals surface area contributed by atoms with Gasteiger partial charge in [0.2, 0.25) is 0 Å². The highest BCUT2D eigenvalue weighted by Crippen LogP contribution is 2.23. The summed E-state index contributed by atoms with van der Waals surface area (Å²) in [5.74, 6) is 0.192. The molecule has 3 heterocycles. The van der Waals surface area contributed by atoms with E-state index in [2.05, 4.69) is 40.8 Å². The number of rotatable bonds is 6. The van der Waals surface area contributed by atoms with Gasteiger partial charge in [-0.2, -0.15) is 0 Å². The molecule has 2 fully saturated rings. The second kappa shape index (κ2) is 10.8. The fourth-order valence-electron chi connectivity index (χ4n) is 4.78. The molecule has 2 aliphatic rings. The van der Waals surface area contributed by atoms with Gasteiger partial charge in [-0.25, -0.2) is 4.98 Å². The lowest BCUT2D eigenvalue weighted by Gasteiger charge is -2.42. The van der Waals surface area contributed by atoms with E-state index in [1.54, 1.807) is 0 Å². The third-order valence-electron chi connectivity index (χ3n) is 6.61. The fraction of sp³-hybridized carbons (Fsp3) is 0.538. The summed E-state index contributed by atoms with van der Waals surface area (Å²) in [6.07, 6.45) is 4.20. The second-order valence-corrected chi connectivity index (χ2v) is 10.9. The van der Waals surface area contributed by atoms with Gasteiger partial charge in [-0.15, -0.1) is 11.8 Å². The standard InChI is InChI=1S/C26H36N4OS/c1-20(2)32-25-9-8-22(18-27-25)19-28-14-16-29(17-15-28)23-10-12-30(13-11-23)26(31)24-7-5-4-6-21(24)3/h4-9,18,20,23H,10-17,19H2,1-3H3. The van der Waals surface area contributed by atoms with Gasteiger partial charge in [0.05, 0.1) is 5.03 Å². The third kappa shape index (κ3) is 5.91. The number of likely N-dealkylation sites (tertiary alicyclic amines) is 1. The average molecular weight is 453 g/mol. The lowest BCUT2D eigenvalue weighted by molar-refractivity contribution is 0.0467. The van der Waals surface area contributed by atoms with Gasteiger partial charge in [0.15, 0.2) is 0 Å². The SMILES string of the molecule is Cc1ccccc1C(=O)N1CCC(N2CCN(Cc3ccc(SC(C)C)nc3)CC2)CC1. The number of carbonyl (C=O) groups excluding carboxylic acids is 1. The van der Waals surface area contributed by atoms with Crippen LogP contribution in [0.25, 0.3) is 0 Å². The van der Waals surface area contributed by atoms with E-state index in [-0.39, 0.29) is 5.91 Å². The zero-order valence-corrected chi connectivity index (χ0v) is 20.5. The van der Waals surface area contributed by atoms with Crippen molar-refractivity contribution in [3.05, 3.63) is 59.3 Å². The Bertz CT molecular complexity index is 885. The Kier molecular flexibility index (Phi) is 7.87. The van der Waals surface area contributed by atoms with Crippen molar-refractivity contribution in [2.45, 2.75) is 56.5 Å². The number of hydrogen-bond donors (Lipinski definition) is 0. The predicted molar refractivity (Wildman–Crippen MR) is 132 cm³/mol. The molecule has 0 unspecified atom stereocenters. The Labute approximate surface area is 197 Å². The number of carbonyl (C=O) groups is 1. The van der Waals surface area contributed by atoms with Crippen molar-refractivity contribution < 1.29 is 4.79 Å². The van der Waals surface area contributed by atoms with E-state index in [1.807, 2.05) is 54.0 Å². The van der Waals surface area contributed by atoms with Crippen molar-refractivity contribution in [2.24, 2.45) is 0 Å². The molecule has 4 rings (SSSR count). The van der Waals surface area contributed by atoms with Crippen LogP contribution in [0, 0.1) is 6.92 Å². The molecule has 0 N–H and O–H groups in total. The third-order valence-corrected chi connectivity index (χ3v) is 7.57. The highest BCUT2D eigenvalue weighted by atomic mass is 32.2. The molecule has 1 aromatic heterocycles. The Balaban J connectivity index is 1.21. The second-order valence-electron chi connectivity index (χ2n) is 9.32. The number of thioether (sulfide) groups is 1. The largest absolute Gasteiger partial charge is 0.339 e. The Morgan fingerprint density at radius 3 is 2.38 bits per heavy atom. The minimum atomic E-state index is 0.192. The molecular weight excluding hydrogens is 416 g/mol. The molecule has 1 amide bonds. The first-order valence-corrected chi connectivity index (χ1v) is 12.8. The Hall–Kier alpha value is -1.89. The summed E-state index contributed by atoms with van der Waals surface area (Å²) >= 11 is 1.81. The predicted octanol–water partition coefficient (Wildman–Crippen LogP) is 4.31. The summed E-state index contributed by atoms with van der Waals surface area (Å²) in [5, 5.41) is 1.68. The molecule has 2 saturated heterocycles. The monoisotopic (exact) mass is 452 g/mol. The number of piperazine rings is 1. The molecule has 0 saturated carbocycles. The first-order chi connectivity index (χ1) is 15.5. The number of pyridine rings is 1. The zero-order chi connectivity index (χ0) is 22.5. The maximum atomic E-state index is 12.9. The first-order valence-electron chi connectivity index (χ1n) is 11.9. The van der Waals surface area contributed by atoms with E-state index < -0.39 is 0 Å². The fourth-order valence-corrected chi connectivity index (χ4v) is 5.52. The molecule has 172 valence electrons. The van der Waals surface area contributed by atoms with Crippen molar-refractivity contribution in [2.75, 3.05) is 39.3 Å². The number of aryl methyl sites for hydroxylation is 1. The summed E-state index contributed by atoms with van der Waals surface area (Å²) in [6, 6.07) is 12.9. The van der Waals surface area contributed by atoms with Crippen LogP contribution < -0.4 is 0 Å². The number of aromatic nitrogens is 1. The summed E-state index contributed by atoms with van der Waals surface area (Å²) in [5.41, 5.74) is 3.22. The summed E-state index contributed by atoms with van der Waals surface area (Å²) in [6.45, 7) is 13.6. The van der Waals surface area contributed by atoms with Gasteiger partial charge in [0.25, 0.3) is 5.91 Å². The van der Waals surface area contributed by atoms with E-state index in [1.165, 1.54) is 5.56 Å². The van der Waals surface area contributed by atoms with Crippen LogP contribution in [0.1, 0.15) is 48.2 Å². The van der Waals surface area contributed by atoms with Crippen molar-refractivity contribution in [1.29, 1.82) is 0 Å². The number of piperidine rings is 1. The van der Waals surface area contributed by atoms with Crippen LogP contribution >= 0.6 is 11.8 Å². The van der Waals surface area contributed by atoms with Crippen LogP contribution in [0.4, 0.5) is 0 Å². The zero-order valence-electron chi connectivity index (χ0n) is 19.7. The van der Waals surface area contributed by atoms with Gasteiger partial charge in [-0.05, 0) is 43.0 Å². The normalized spacial score (nSPS) is 18.9. The van der Waals surface area contributed by atoms with Crippen molar-refractivity contribution in [3.8, 4) is 0 Å². The van der Waals surface area contributed by atoms with E-state index in [4.69, 9.17) is 0 Å². The number of nitrogens with zero attached hydrogens (tertiary/aromatic N) is 4. The molecule has 1 aromatic carbocycles. The number of benzene rings is 1. The highest BCUT2D eigenvalue weighted by Gasteiger charge is 2.29. The van der Waals surface area contributed by atoms with Gasteiger partial charge in [-0.1, -0.05) is 38.1 Å². The van der Waals surface area contributed by atoms with Gasteiger partial charge < -0.3 is 4.90 Å². The van der Waals surface area contributed by atoms with Gasteiger partial charge in [0.1, 0.15) is 0 Å². The summed E-state index contributed by atoms with van der Waals surface area (Å²) in [7, 11) is 0. The molecular formula is C26H36N4OS. The first kappa shape index (κ1) is 23.3. The smallest absolute Gasteiger partial charge is 0.254 e. The summed E-state index contributed by atoms with van der Waals surface area (Å²) in [4.78, 5) is 24.7. The molecule has 5 nitrogen and oxygen atoms in total. The quantitative estimate of drug-likeness (QED) is 0.611. The van der Waals surface area contributed by atoms with Gasteiger partial charge in [0, 0.05) is 68.9 Å². The van der Waals surface area contributed by atoms with Gasteiger partial charge in [-0.3, -0.25) is 14.6 Å². The molecule has 2 aromatic rings. The topological polar surface area (TPSA) is 39.7 Å². The van der Waals surface area contributed by atoms with Crippen LogP contribution in [0.3, 0.4) is 0 Å². The molecule has 32 heavy (non-hydrogen) atoms. The summed E-state index contributed by atoms with van der Waals surface area (Å²) < 4.78 is 0. The number of amides is 1. The lowest BCUT2D eigenvalue weighted by Crippen LogP contribution is -2.53. The minimum absolute atomic E-state index is 0.192. The van der Waals surface area contributed by atoms with Crippen LogP contribution in [0.2, 0.25) is 0 Å². The molecule has 0 spiro atoms. The maximum absolute atomic E-state index is 12.9. The molecule has 2 aliphatic heterocycles. The van der Waals surface area contributed by atoms with Crippen LogP contribution in [-0.2, 0) is 6.54 Å². The van der Waals surface area contributed by atoms with Crippen molar-refractivity contribution >= 4 is 17.7 Å². The highest BCUT2D eigenvalue weighted by molar-refractivity contribution is 7.99. The lowest BCUT2D eigenvalue weighted by atomic mass is 10.0. The molecule has 0 bridgehead atoms. The van der Waals surface area contributed by atoms with Crippen molar-refractivity contribution in [3.63, 3.8) is 0 Å². The van der Waals surface area contributed by atoms with E-state index in [0.717, 1.165) is 74.8 Å². The maximum Gasteiger partial charge on any atom is 0.254 e. The van der Waals surface area contributed by atoms with E-state index in [9.17, 15) is 4.79 Å². The molecule has 0 radical (unpaired) electrons. The Morgan fingerprint density at radius 1 is 1.03 bits per heavy atom. The molecule has 0 aliphatic carbocycles. The van der Waals surface area contributed by atoms with Crippen molar-refractivity contribution in [1.82, 2.24) is 19.7 Å². The van der Waals surface area contributed by atoms with Crippen LogP contribution in [0.15, 0.2) is 47.6 Å². The van der Waals surface area contributed by atoms with E-state index in [0.29, 0.717) is 11.3 Å². The van der Waals surface area contributed by atoms with Crippen LogP contribution in [0.5, 0.6) is 0 Å². The van der Waals surface area contributed by atoms with Gasteiger partial charge >= 0.3 is 0 Å². The number of hydrogen-bond acceptors (Lipinski definition) is 5. The minimum Gasteiger partial charge on any atom is -0.339 e. The molecule has 6 heteroatoms. The van der Waals surface area contributed by atoms with E-state index >= 15 is 0 Å². The average Bonchev–Trinajstić information content (AvgIpc) is 2.81.